The molecule has 1 heterocycles. The van der Waals surface area contributed by atoms with Crippen molar-refractivity contribution >= 4 is 33.3 Å². The first kappa shape index (κ1) is 13.8. The maximum absolute atomic E-state index is 13.1. The van der Waals surface area contributed by atoms with E-state index in [0.717, 1.165) is 0 Å². The molecule has 106 valence electrons. The number of nitrogens with one attached hydrogen (secondary N) is 1. The van der Waals surface area contributed by atoms with Crippen LogP contribution in [-0.4, -0.2) is 18.3 Å². The Balaban J connectivity index is 1.98. The van der Waals surface area contributed by atoms with Gasteiger partial charge < -0.3 is 10.1 Å². The quantitative estimate of drug-likeness (QED) is 0.847. The molecule has 0 aliphatic carbocycles. The van der Waals surface area contributed by atoms with Crippen molar-refractivity contribution < 1.29 is 18.7 Å². The smallest absolute Gasteiger partial charge is 0.262 e. The maximum atomic E-state index is 13.1. The topological polar surface area (TPSA) is 55.4 Å². The lowest BCUT2D eigenvalue weighted by Gasteiger charge is -2.18. The number of ketones is 1. The minimum atomic E-state index is -0.426. The zero-order valence-electron chi connectivity index (χ0n) is 10.7. The Labute approximate surface area is 128 Å². The second kappa shape index (κ2) is 5.29. The lowest BCUT2D eigenvalue weighted by atomic mass is 10.0. The highest BCUT2D eigenvalue weighted by atomic mass is 79.9. The first-order valence-electron chi connectivity index (χ1n) is 6.11. The van der Waals surface area contributed by atoms with Crippen LogP contribution >= 0.6 is 15.9 Å². The Bertz CT molecular complexity index is 761. The van der Waals surface area contributed by atoms with Crippen LogP contribution in [0.25, 0.3) is 0 Å². The molecule has 0 spiro atoms. The molecule has 3 rings (SSSR count). The lowest BCUT2D eigenvalue weighted by Crippen LogP contribution is -2.25. The zero-order valence-corrected chi connectivity index (χ0v) is 12.2. The van der Waals surface area contributed by atoms with Crippen molar-refractivity contribution in [1.82, 2.24) is 0 Å². The summed E-state index contributed by atoms with van der Waals surface area (Å²) in [4.78, 5) is 23.7. The van der Waals surface area contributed by atoms with Crippen molar-refractivity contribution in [2.75, 3.05) is 11.9 Å². The van der Waals surface area contributed by atoms with Crippen LogP contribution in [0.15, 0.2) is 40.9 Å². The van der Waals surface area contributed by atoms with E-state index in [1.807, 2.05) is 0 Å². The lowest BCUT2D eigenvalue weighted by molar-refractivity contribution is -0.118. The highest BCUT2D eigenvalue weighted by Gasteiger charge is 2.19. The van der Waals surface area contributed by atoms with Crippen molar-refractivity contribution in [2.45, 2.75) is 0 Å². The predicted molar refractivity (Wildman–Crippen MR) is 78.1 cm³/mol. The molecular formula is C15H9BrFNO3. The molecule has 0 aromatic heterocycles. The molecule has 2 aromatic rings. The van der Waals surface area contributed by atoms with Crippen molar-refractivity contribution in [3.8, 4) is 5.75 Å². The van der Waals surface area contributed by atoms with Crippen molar-refractivity contribution in [3.63, 3.8) is 0 Å². The van der Waals surface area contributed by atoms with Crippen LogP contribution in [0.4, 0.5) is 10.1 Å². The minimum absolute atomic E-state index is 0.0379. The van der Waals surface area contributed by atoms with Crippen molar-refractivity contribution in [2.24, 2.45) is 0 Å². The average molecular weight is 350 g/mol. The average Bonchev–Trinajstić information content (AvgIpc) is 2.46. The van der Waals surface area contributed by atoms with E-state index in [4.69, 9.17) is 4.74 Å². The Morgan fingerprint density at radius 2 is 2.05 bits per heavy atom. The van der Waals surface area contributed by atoms with Crippen LogP contribution in [0.1, 0.15) is 15.9 Å². The molecule has 0 bridgehead atoms. The SMILES string of the molecule is O=C1COc2ccc(C(=O)c3ccc(F)cc3Br)cc2N1. The van der Waals surface area contributed by atoms with Crippen molar-refractivity contribution in [3.05, 3.63) is 57.8 Å². The monoisotopic (exact) mass is 349 g/mol. The normalized spacial score (nSPS) is 13.1. The summed E-state index contributed by atoms with van der Waals surface area (Å²) >= 11 is 3.17. The summed E-state index contributed by atoms with van der Waals surface area (Å²) in [5, 5.41) is 2.64. The van der Waals surface area contributed by atoms with E-state index >= 15 is 0 Å². The predicted octanol–water partition coefficient (Wildman–Crippen LogP) is 3.15. The molecule has 2 aromatic carbocycles. The van der Waals surface area contributed by atoms with Gasteiger partial charge in [-0.15, -0.1) is 0 Å². The number of fused-ring (bicyclic) bond motifs is 1. The Morgan fingerprint density at radius 1 is 1.24 bits per heavy atom. The third kappa shape index (κ3) is 2.67. The van der Waals surface area contributed by atoms with Gasteiger partial charge in [0, 0.05) is 15.6 Å². The van der Waals surface area contributed by atoms with E-state index in [1.54, 1.807) is 18.2 Å². The van der Waals surface area contributed by atoms with Crippen LogP contribution in [0.5, 0.6) is 5.75 Å². The van der Waals surface area contributed by atoms with Crippen LogP contribution in [0.3, 0.4) is 0 Å². The Kier molecular flexibility index (Phi) is 3.47. The Hall–Kier alpha value is -2.21. The van der Waals surface area contributed by atoms with Gasteiger partial charge in [0.2, 0.25) is 0 Å². The van der Waals surface area contributed by atoms with E-state index < -0.39 is 5.82 Å². The van der Waals surface area contributed by atoms with E-state index in [1.165, 1.54) is 18.2 Å². The summed E-state index contributed by atoms with van der Waals surface area (Å²) in [5.41, 5.74) is 1.18. The number of hydrogen-bond acceptors (Lipinski definition) is 3. The Morgan fingerprint density at radius 3 is 2.81 bits per heavy atom. The van der Waals surface area contributed by atoms with Crippen LogP contribution in [0.2, 0.25) is 0 Å². The number of ether oxygens (including phenoxy) is 1. The van der Waals surface area contributed by atoms with Crippen LogP contribution in [-0.2, 0) is 4.79 Å². The first-order valence-corrected chi connectivity index (χ1v) is 6.90. The molecule has 0 saturated heterocycles. The molecule has 0 saturated carbocycles. The molecule has 0 atom stereocenters. The molecule has 4 nitrogen and oxygen atoms in total. The fraction of sp³-hybridized carbons (Fsp3) is 0.0667. The van der Waals surface area contributed by atoms with E-state index in [-0.39, 0.29) is 18.3 Å². The summed E-state index contributed by atoms with van der Waals surface area (Å²) < 4.78 is 18.7. The third-order valence-corrected chi connectivity index (χ3v) is 3.71. The van der Waals surface area contributed by atoms with E-state index in [0.29, 0.717) is 27.0 Å². The highest BCUT2D eigenvalue weighted by Crippen LogP contribution is 2.30. The number of halogens is 2. The fourth-order valence-electron chi connectivity index (χ4n) is 2.05. The number of anilines is 1. The number of carbonyl (C=O) groups excluding carboxylic acids is 2. The van der Waals surface area contributed by atoms with Crippen molar-refractivity contribution in [1.29, 1.82) is 0 Å². The van der Waals surface area contributed by atoms with Crippen LogP contribution < -0.4 is 10.1 Å². The summed E-state index contributed by atoms with van der Waals surface area (Å²) in [5.74, 6) is -0.451. The molecular weight excluding hydrogens is 341 g/mol. The number of hydrogen-bond donors (Lipinski definition) is 1. The van der Waals surface area contributed by atoms with E-state index in [9.17, 15) is 14.0 Å². The summed E-state index contributed by atoms with van der Waals surface area (Å²) in [6.45, 7) is -0.0379. The molecule has 1 amide bonds. The zero-order chi connectivity index (χ0) is 15.0. The van der Waals surface area contributed by atoms with Gasteiger partial charge in [-0.25, -0.2) is 4.39 Å². The summed E-state index contributed by atoms with van der Waals surface area (Å²) in [6, 6.07) is 8.65. The first-order chi connectivity index (χ1) is 10.0. The van der Waals surface area contributed by atoms with Gasteiger partial charge in [-0.3, -0.25) is 9.59 Å². The largest absolute Gasteiger partial charge is 0.482 e. The third-order valence-electron chi connectivity index (χ3n) is 3.05. The minimum Gasteiger partial charge on any atom is -0.482 e. The standard InChI is InChI=1S/C15H9BrFNO3/c16-11-6-9(17)2-3-10(11)15(20)8-1-4-13-12(5-8)18-14(19)7-21-13/h1-6H,7H2,(H,18,19). The highest BCUT2D eigenvalue weighted by molar-refractivity contribution is 9.10. The maximum Gasteiger partial charge on any atom is 0.262 e. The number of amides is 1. The second-order valence-corrected chi connectivity index (χ2v) is 5.36. The number of rotatable bonds is 2. The van der Waals surface area contributed by atoms with Gasteiger partial charge in [0.25, 0.3) is 5.91 Å². The van der Waals surface area contributed by atoms with Gasteiger partial charge >= 0.3 is 0 Å². The second-order valence-electron chi connectivity index (χ2n) is 4.50. The van der Waals surface area contributed by atoms with Gasteiger partial charge in [-0.05, 0) is 52.3 Å². The number of carbonyl (C=O) groups is 2. The van der Waals surface area contributed by atoms with Crippen LogP contribution in [0, 0.1) is 5.82 Å². The van der Waals surface area contributed by atoms with Gasteiger partial charge in [-0.2, -0.15) is 0 Å². The molecule has 0 fully saturated rings. The fourth-order valence-corrected chi connectivity index (χ4v) is 2.58. The summed E-state index contributed by atoms with van der Waals surface area (Å²) in [7, 11) is 0. The molecule has 21 heavy (non-hydrogen) atoms. The van der Waals surface area contributed by atoms with Gasteiger partial charge in [0.1, 0.15) is 11.6 Å². The van der Waals surface area contributed by atoms with Gasteiger partial charge in [0.05, 0.1) is 5.69 Å². The molecule has 1 aliphatic heterocycles. The molecule has 1 aliphatic rings. The van der Waals surface area contributed by atoms with Gasteiger partial charge in [-0.1, -0.05) is 0 Å². The molecule has 0 unspecified atom stereocenters. The number of benzene rings is 2. The molecule has 0 radical (unpaired) electrons. The van der Waals surface area contributed by atoms with Gasteiger partial charge in [0.15, 0.2) is 12.4 Å². The van der Waals surface area contributed by atoms with E-state index in [2.05, 4.69) is 21.2 Å². The molecule has 6 heteroatoms. The molecule has 1 N–H and O–H groups in total. The summed E-state index contributed by atoms with van der Waals surface area (Å²) in [6.07, 6.45) is 0.